The monoisotopic (exact) mass is 371 g/mol. The van der Waals surface area contributed by atoms with E-state index >= 15 is 0 Å². The Balaban J connectivity index is 1.82. The quantitative estimate of drug-likeness (QED) is 0.585. The number of aromatic nitrogens is 6. The zero-order chi connectivity index (χ0) is 16.0. The fraction of sp³-hybridized carbons (Fsp3) is 0.0714. The van der Waals surface area contributed by atoms with E-state index in [0.29, 0.717) is 23.4 Å². The third-order valence-electron chi connectivity index (χ3n) is 3.46. The van der Waals surface area contributed by atoms with Crippen molar-refractivity contribution in [3.8, 4) is 0 Å². The van der Waals surface area contributed by atoms with E-state index in [1.54, 1.807) is 23.1 Å². The van der Waals surface area contributed by atoms with Crippen molar-refractivity contribution < 1.29 is 4.79 Å². The number of hydrogen-bond acceptors (Lipinski definition) is 5. The van der Waals surface area contributed by atoms with Crippen LogP contribution in [0.5, 0.6) is 0 Å². The first-order valence-electron chi connectivity index (χ1n) is 6.73. The van der Waals surface area contributed by atoms with E-state index in [0.717, 1.165) is 15.5 Å². The first-order valence-corrected chi connectivity index (χ1v) is 7.53. The number of fused-ring (bicyclic) bond motifs is 2. The Kier molecular flexibility index (Phi) is 3.08. The second kappa shape index (κ2) is 5.13. The minimum Gasteiger partial charge on any atom is -0.365 e. The molecule has 0 aliphatic rings. The topological polar surface area (TPSA) is 104 Å². The summed E-state index contributed by atoms with van der Waals surface area (Å²) in [5.41, 5.74) is 8.48. The molecule has 0 spiro atoms. The van der Waals surface area contributed by atoms with Gasteiger partial charge in [-0.2, -0.15) is 5.10 Å². The highest BCUT2D eigenvalue weighted by atomic mass is 79.9. The lowest BCUT2D eigenvalue weighted by Crippen LogP contribution is -2.16. The van der Waals surface area contributed by atoms with Crippen molar-refractivity contribution in [1.82, 2.24) is 29.6 Å². The minimum absolute atomic E-state index is 0.325. The molecular weight excluding hydrogens is 362 g/mol. The number of benzene rings is 1. The number of nitrogens with two attached hydrogens (primary N) is 1. The van der Waals surface area contributed by atoms with Crippen molar-refractivity contribution in [2.24, 2.45) is 5.73 Å². The molecule has 0 atom stereocenters. The van der Waals surface area contributed by atoms with Gasteiger partial charge < -0.3 is 5.73 Å². The molecule has 114 valence electrons. The van der Waals surface area contributed by atoms with Crippen molar-refractivity contribution >= 4 is 38.5 Å². The van der Waals surface area contributed by atoms with Crippen LogP contribution in [0, 0.1) is 0 Å². The summed E-state index contributed by atoms with van der Waals surface area (Å²) in [5.74, 6) is -0.545. The first kappa shape index (κ1) is 13.8. The van der Waals surface area contributed by atoms with Gasteiger partial charge in [-0.05, 0) is 24.3 Å². The van der Waals surface area contributed by atoms with E-state index in [1.807, 2.05) is 18.2 Å². The maximum Gasteiger partial charge on any atom is 0.252 e. The molecule has 3 aromatic heterocycles. The smallest absolute Gasteiger partial charge is 0.252 e. The van der Waals surface area contributed by atoms with Gasteiger partial charge in [-0.3, -0.25) is 4.79 Å². The molecule has 0 saturated heterocycles. The first-order chi connectivity index (χ1) is 11.1. The average molecular weight is 372 g/mol. The molecule has 4 aromatic rings. The van der Waals surface area contributed by atoms with Gasteiger partial charge in [0.05, 0.1) is 23.3 Å². The van der Waals surface area contributed by atoms with Crippen molar-refractivity contribution in [2.45, 2.75) is 6.54 Å². The summed E-state index contributed by atoms with van der Waals surface area (Å²) in [5, 5.41) is 12.7. The zero-order valence-corrected chi connectivity index (χ0v) is 13.3. The van der Waals surface area contributed by atoms with Crippen LogP contribution in [0.15, 0.2) is 41.1 Å². The maximum atomic E-state index is 11.6. The molecule has 1 aromatic carbocycles. The highest BCUT2D eigenvalue weighted by molar-refractivity contribution is 9.10. The van der Waals surface area contributed by atoms with Crippen LogP contribution in [0.4, 0.5) is 0 Å². The molecule has 0 aliphatic heterocycles. The maximum absolute atomic E-state index is 11.6. The van der Waals surface area contributed by atoms with Crippen LogP contribution in [-0.4, -0.2) is 35.5 Å². The third-order valence-corrected chi connectivity index (χ3v) is 3.96. The summed E-state index contributed by atoms with van der Waals surface area (Å²) in [6.07, 6.45) is 3.24. The standard InChI is InChI=1S/C14H10BrN7O/c15-8-1-2-11-12(5-8)22(20-18-11)7-9-6-10(13(16)23)14-17-3-4-21(14)19-9/h1-6H,7H2,(H2,16,23). The van der Waals surface area contributed by atoms with Crippen molar-refractivity contribution in [3.63, 3.8) is 0 Å². The van der Waals surface area contributed by atoms with Crippen molar-refractivity contribution in [1.29, 1.82) is 0 Å². The largest absolute Gasteiger partial charge is 0.365 e. The van der Waals surface area contributed by atoms with E-state index in [2.05, 4.69) is 36.3 Å². The number of imidazole rings is 1. The molecule has 8 nitrogen and oxygen atoms in total. The molecule has 9 heteroatoms. The Labute approximate surface area is 138 Å². The molecule has 3 heterocycles. The predicted octanol–water partition coefficient (Wildman–Crippen LogP) is 1.38. The van der Waals surface area contributed by atoms with Crippen LogP contribution >= 0.6 is 15.9 Å². The van der Waals surface area contributed by atoms with Crippen molar-refractivity contribution in [3.05, 3.63) is 52.4 Å². The number of nitrogens with zero attached hydrogens (tertiary/aromatic N) is 6. The van der Waals surface area contributed by atoms with Crippen LogP contribution in [0.1, 0.15) is 16.1 Å². The molecule has 0 saturated carbocycles. The lowest BCUT2D eigenvalue weighted by Gasteiger charge is -2.06. The Morgan fingerprint density at radius 1 is 1.30 bits per heavy atom. The predicted molar refractivity (Wildman–Crippen MR) is 85.8 cm³/mol. The SMILES string of the molecule is NC(=O)c1cc(Cn2nnc3ccc(Br)cc32)nn2ccnc12. The van der Waals surface area contributed by atoms with Gasteiger partial charge in [-0.15, -0.1) is 5.10 Å². The Morgan fingerprint density at radius 2 is 2.17 bits per heavy atom. The number of amides is 1. The highest BCUT2D eigenvalue weighted by Crippen LogP contribution is 2.19. The minimum atomic E-state index is -0.545. The summed E-state index contributed by atoms with van der Waals surface area (Å²) in [6.45, 7) is 0.362. The molecule has 0 fully saturated rings. The van der Waals surface area contributed by atoms with Crippen LogP contribution < -0.4 is 5.73 Å². The lowest BCUT2D eigenvalue weighted by atomic mass is 10.2. The summed E-state index contributed by atoms with van der Waals surface area (Å²) < 4.78 is 4.19. The summed E-state index contributed by atoms with van der Waals surface area (Å²) in [6, 6.07) is 7.35. The molecule has 2 N–H and O–H groups in total. The summed E-state index contributed by atoms with van der Waals surface area (Å²) >= 11 is 3.44. The van der Waals surface area contributed by atoms with E-state index in [-0.39, 0.29) is 0 Å². The molecular formula is C14H10BrN7O. The lowest BCUT2D eigenvalue weighted by molar-refractivity contribution is 0.100. The average Bonchev–Trinajstić information content (AvgIpc) is 3.13. The van der Waals surface area contributed by atoms with Crippen LogP contribution in [0.2, 0.25) is 0 Å². The van der Waals surface area contributed by atoms with E-state index in [4.69, 9.17) is 5.73 Å². The molecule has 0 bridgehead atoms. The van der Waals surface area contributed by atoms with Crippen LogP contribution in [0.3, 0.4) is 0 Å². The number of carbonyl (C=O) groups excluding carboxylic acids is 1. The van der Waals surface area contributed by atoms with Gasteiger partial charge in [0.25, 0.3) is 5.91 Å². The molecule has 0 radical (unpaired) electrons. The zero-order valence-electron chi connectivity index (χ0n) is 11.7. The Morgan fingerprint density at radius 3 is 3.00 bits per heavy atom. The van der Waals surface area contributed by atoms with Gasteiger partial charge in [0, 0.05) is 16.9 Å². The van der Waals surface area contributed by atoms with Crippen LogP contribution in [0.25, 0.3) is 16.7 Å². The third kappa shape index (κ3) is 2.34. The number of rotatable bonds is 3. The van der Waals surface area contributed by atoms with E-state index in [9.17, 15) is 4.79 Å². The number of halogens is 1. The molecule has 0 aliphatic carbocycles. The number of primary amides is 1. The second-order valence-electron chi connectivity index (χ2n) is 4.99. The fourth-order valence-electron chi connectivity index (χ4n) is 2.44. The fourth-order valence-corrected chi connectivity index (χ4v) is 2.78. The number of hydrogen-bond donors (Lipinski definition) is 1. The Bertz CT molecular complexity index is 1050. The van der Waals surface area contributed by atoms with E-state index < -0.39 is 5.91 Å². The van der Waals surface area contributed by atoms with Crippen LogP contribution in [-0.2, 0) is 6.54 Å². The summed E-state index contributed by atoms with van der Waals surface area (Å²) in [4.78, 5) is 15.7. The van der Waals surface area contributed by atoms with Crippen molar-refractivity contribution in [2.75, 3.05) is 0 Å². The van der Waals surface area contributed by atoms with Gasteiger partial charge in [0.1, 0.15) is 5.52 Å². The van der Waals surface area contributed by atoms with E-state index in [1.165, 1.54) is 4.52 Å². The molecule has 4 rings (SSSR count). The normalized spacial score (nSPS) is 11.3. The highest BCUT2D eigenvalue weighted by Gasteiger charge is 2.13. The number of carbonyl (C=O) groups is 1. The van der Waals surface area contributed by atoms with Gasteiger partial charge >= 0.3 is 0 Å². The molecule has 1 amide bonds. The molecule has 0 unspecified atom stereocenters. The Hall–Kier alpha value is -2.81. The molecule has 23 heavy (non-hydrogen) atoms. The van der Waals surface area contributed by atoms with Gasteiger partial charge in [0.2, 0.25) is 0 Å². The van der Waals surface area contributed by atoms with Gasteiger partial charge in [0.15, 0.2) is 5.65 Å². The second-order valence-corrected chi connectivity index (χ2v) is 5.90. The van der Waals surface area contributed by atoms with Gasteiger partial charge in [-0.1, -0.05) is 21.1 Å². The van der Waals surface area contributed by atoms with Gasteiger partial charge in [-0.25, -0.2) is 14.2 Å². The summed E-state index contributed by atoms with van der Waals surface area (Å²) in [7, 11) is 0.